The average molecular weight is 412 g/mol. The smallest absolute Gasteiger partial charge is 0.181 e. The molecule has 0 amide bonds. The van der Waals surface area contributed by atoms with Crippen molar-refractivity contribution in [2.45, 2.75) is 13.3 Å². The SMILES string of the molecule is Cc1ccc(C(N)=C(C=NCCCO)c2ncnc3nc(-c4ccccc4)[nH]c23)cc1. The summed E-state index contributed by atoms with van der Waals surface area (Å²) in [6.45, 7) is 2.61. The van der Waals surface area contributed by atoms with Crippen LogP contribution >= 0.6 is 0 Å². The van der Waals surface area contributed by atoms with Crippen LogP contribution in [-0.4, -0.2) is 44.4 Å². The molecular formula is C24H24N6O. The van der Waals surface area contributed by atoms with Crippen molar-refractivity contribution in [2.75, 3.05) is 13.2 Å². The van der Waals surface area contributed by atoms with E-state index in [0.717, 1.165) is 16.7 Å². The highest BCUT2D eigenvalue weighted by Gasteiger charge is 2.16. The minimum atomic E-state index is 0.0859. The van der Waals surface area contributed by atoms with E-state index in [1.54, 1.807) is 6.21 Å². The molecule has 4 rings (SSSR count). The zero-order valence-electron chi connectivity index (χ0n) is 17.3. The topological polar surface area (TPSA) is 113 Å². The monoisotopic (exact) mass is 412 g/mol. The van der Waals surface area contributed by atoms with Gasteiger partial charge in [-0.2, -0.15) is 0 Å². The summed E-state index contributed by atoms with van der Waals surface area (Å²) in [6, 6.07) is 17.8. The predicted octanol–water partition coefficient (Wildman–Crippen LogP) is 3.61. The van der Waals surface area contributed by atoms with E-state index in [0.29, 0.717) is 46.9 Å². The molecule has 2 aromatic carbocycles. The predicted molar refractivity (Wildman–Crippen MR) is 124 cm³/mol. The molecule has 4 N–H and O–H groups in total. The molecule has 156 valence electrons. The molecule has 0 radical (unpaired) electrons. The van der Waals surface area contributed by atoms with Gasteiger partial charge in [0.2, 0.25) is 0 Å². The molecule has 0 aliphatic heterocycles. The second kappa shape index (κ2) is 9.32. The molecule has 0 unspecified atom stereocenters. The van der Waals surface area contributed by atoms with Crippen LogP contribution in [0.4, 0.5) is 0 Å². The number of aliphatic hydroxyl groups is 1. The summed E-state index contributed by atoms with van der Waals surface area (Å²) < 4.78 is 0. The first kappa shape index (κ1) is 20.4. The number of nitrogens with one attached hydrogen (secondary N) is 1. The van der Waals surface area contributed by atoms with Crippen LogP contribution in [0, 0.1) is 6.92 Å². The van der Waals surface area contributed by atoms with Gasteiger partial charge in [-0.15, -0.1) is 0 Å². The summed E-state index contributed by atoms with van der Waals surface area (Å²) >= 11 is 0. The maximum atomic E-state index is 9.07. The third-order valence-electron chi connectivity index (χ3n) is 4.91. The number of aliphatic hydroxyl groups excluding tert-OH is 1. The van der Waals surface area contributed by atoms with Crippen molar-refractivity contribution < 1.29 is 5.11 Å². The number of nitrogens with zero attached hydrogens (tertiary/aromatic N) is 4. The fraction of sp³-hybridized carbons (Fsp3) is 0.167. The zero-order chi connectivity index (χ0) is 21.6. The normalized spacial score (nSPS) is 12.5. The zero-order valence-corrected chi connectivity index (χ0v) is 17.3. The molecule has 0 aliphatic rings. The lowest BCUT2D eigenvalue weighted by atomic mass is 10.0. The van der Waals surface area contributed by atoms with Crippen molar-refractivity contribution in [1.29, 1.82) is 0 Å². The molecule has 0 bridgehead atoms. The molecule has 0 fully saturated rings. The molecule has 7 nitrogen and oxygen atoms in total. The van der Waals surface area contributed by atoms with Crippen LogP contribution in [0.1, 0.15) is 23.2 Å². The minimum absolute atomic E-state index is 0.0859. The summed E-state index contributed by atoms with van der Waals surface area (Å²) in [7, 11) is 0. The quantitative estimate of drug-likeness (QED) is 0.317. The highest BCUT2D eigenvalue weighted by Crippen LogP contribution is 2.27. The van der Waals surface area contributed by atoms with Gasteiger partial charge >= 0.3 is 0 Å². The third-order valence-corrected chi connectivity index (χ3v) is 4.91. The standard InChI is InChI=1S/C24H24N6O/c1-16-8-10-17(11-9-16)20(25)19(14-26-12-5-13-31)21-22-24(28-15-27-21)30-23(29-22)18-6-3-2-4-7-18/h2-4,6-11,14-15,31H,5,12-13,25H2,1H3,(H,27,28,29,30). The fourth-order valence-electron chi connectivity index (χ4n) is 3.23. The van der Waals surface area contributed by atoms with Crippen LogP contribution in [-0.2, 0) is 0 Å². The van der Waals surface area contributed by atoms with Crippen molar-refractivity contribution >= 4 is 28.6 Å². The Kier molecular flexibility index (Phi) is 6.14. The highest BCUT2D eigenvalue weighted by atomic mass is 16.3. The minimum Gasteiger partial charge on any atom is -0.398 e. The van der Waals surface area contributed by atoms with Gasteiger partial charge in [-0.1, -0.05) is 60.2 Å². The number of rotatable bonds is 7. The number of benzene rings is 2. The Morgan fingerprint density at radius 3 is 2.61 bits per heavy atom. The van der Waals surface area contributed by atoms with Crippen LogP contribution in [0.5, 0.6) is 0 Å². The molecule has 0 saturated carbocycles. The van der Waals surface area contributed by atoms with Gasteiger partial charge in [0.25, 0.3) is 0 Å². The molecule has 0 atom stereocenters. The number of fused-ring (bicyclic) bond motifs is 1. The lowest BCUT2D eigenvalue weighted by molar-refractivity contribution is 0.291. The largest absolute Gasteiger partial charge is 0.398 e. The third kappa shape index (κ3) is 4.51. The Labute approximate surface area is 180 Å². The van der Waals surface area contributed by atoms with Gasteiger partial charge in [0, 0.05) is 36.2 Å². The Morgan fingerprint density at radius 2 is 1.87 bits per heavy atom. The summed E-state index contributed by atoms with van der Waals surface area (Å²) in [6.07, 6.45) is 3.78. The second-order valence-corrected chi connectivity index (χ2v) is 7.18. The average Bonchev–Trinajstić information content (AvgIpc) is 3.25. The van der Waals surface area contributed by atoms with E-state index in [-0.39, 0.29) is 6.61 Å². The molecule has 2 aromatic heterocycles. The van der Waals surface area contributed by atoms with Gasteiger partial charge in [0.05, 0.1) is 0 Å². The summed E-state index contributed by atoms with van der Waals surface area (Å²) in [4.78, 5) is 21.3. The molecule has 31 heavy (non-hydrogen) atoms. The van der Waals surface area contributed by atoms with Gasteiger partial charge in [0.15, 0.2) is 5.65 Å². The van der Waals surface area contributed by atoms with Crippen LogP contribution < -0.4 is 5.73 Å². The molecule has 4 aromatic rings. The summed E-state index contributed by atoms with van der Waals surface area (Å²) in [5.41, 5.74) is 12.7. The van der Waals surface area contributed by atoms with E-state index in [1.807, 2.05) is 61.5 Å². The number of aromatic nitrogens is 4. The molecule has 2 heterocycles. The molecular weight excluding hydrogens is 388 g/mol. The van der Waals surface area contributed by atoms with Crippen molar-refractivity contribution in [1.82, 2.24) is 19.9 Å². The molecule has 0 aliphatic carbocycles. The van der Waals surface area contributed by atoms with Gasteiger partial charge < -0.3 is 15.8 Å². The van der Waals surface area contributed by atoms with Gasteiger partial charge in [-0.05, 0) is 18.9 Å². The van der Waals surface area contributed by atoms with E-state index in [4.69, 9.17) is 10.8 Å². The van der Waals surface area contributed by atoms with Crippen molar-refractivity contribution in [3.8, 4) is 11.4 Å². The maximum Gasteiger partial charge on any atom is 0.181 e. The van der Waals surface area contributed by atoms with Crippen molar-refractivity contribution in [2.24, 2.45) is 10.7 Å². The number of nitrogens with two attached hydrogens (primary N) is 1. The number of H-pyrrole nitrogens is 1. The van der Waals surface area contributed by atoms with E-state index >= 15 is 0 Å². The first-order valence-electron chi connectivity index (χ1n) is 10.1. The van der Waals surface area contributed by atoms with Crippen LogP contribution in [0.15, 0.2) is 65.9 Å². The Bertz CT molecular complexity index is 1230. The number of hydrogen-bond donors (Lipinski definition) is 3. The number of aliphatic imine (C=N–C) groups is 1. The number of allylic oxidation sites excluding steroid dienone is 1. The van der Waals surface area contributed by atoms with Crippen LogP contribution in [0.2, 0.25) is 0 Å². The van der Waals surface area contributed by atoms with Crippen LogP contribution in [0.25, 0.3) is 33.8 Å². The molecule has 0 saturated heterocycles. The maximum absolute atomic E-state index is 9.07. The number of hydrogen-bond acceptors (Lipinski definition) is 6. The van der Waals surface area contributed by atoms with Crippen LogP contribution in [0.3, 0.4) is 0 Å². The summed E-state index contributed by atoms with van der Waals surface area (Å²) in [5, 5.41) is 9.07. The first-order valence-corrected chi connectivity index (χ1v) is 10.1. The van der Waals surface area contributed by atoms with E-state index in [9.17, 15) is 0 Å². The second-order valence-electron chi connectivity index (χ2n) is 7.18. The molecule has 7 heteroatoms. The lowest BCUT2D eigenvalue weighted by Gasteiger charge is -2.09. The van der Waals surface area contributed by atoms with Crippen molar-refractivity contribution in [3.63, 3.8) is 0 Å². The van der Waals surface area contributed by atoms with E-state index in [2.05, 4.69) is 24.9 Å². The highest BCUT2D eigenvalue weighted by molar-refractivity contribution is 6.20. The van der Waals surface area contributed by atoms with E-state index in [1.165, 1.54) is 6.33 Å². The van der Waals surface area contributed by atoms with Gasteiger partial charge in [-0.3, -0.25) is 4.99 Å². The Morgan fingerprint density at radius 1 is 1.10 bits per heavy atom. The van der Waals surface area contributed by atoms with E-state index < -0.39 is 0 Å². The number of imidazole rings is 1. The summed E-state index contributed by atoms with van der Waals surface area (Å²) in [5.74, 6) is 0.711. The molecule has 0 spiro atoms. The van der Waals surface area contributed by atoms with Gasteiger partial charge in [-0.25, -0.2) is 15.0 Å². The van der Waals surface area contributed by atoms with Gasteiger partial charge in [0.1, 0.15) is 23.4 Å². The fourth-order valence-corrected chi connectivity index (χ4v) is 3.23. The Hall–Kier alpha value is -3.84. The first-order chi connectivity index (χ1) is 15.2. The number of aryl methyl sites for hydroxylation is 1. The number of aromatic amines is 1. The van der Waals surface area contributed by atoms with Crippen molar-refractivity contribution in [3.05, 3.63) is 77.7 Å². The Balaban J connectivity index is 1.86. The lowest BCUT2D eigenvalue weighted by Crippen LogP contribution is -2.05.